The number of hydrazine groups is 1. The van der Waals surface area contributed by atoms with Gasteiger partial charge in [-0.3, -0.25) is 5.84 Å². The van der Waals surface area contributed by atoms with Gasteiger partial charge in [-0.25, -0.2) is 5.43 Å². The third kappa shape index (κ3) is 3.67. The fourth-order valence-electron chi connectivity index (χ4n) is 2.58. The lowest BCUT2D eigenvalue weighted by Crippen LogP contribution is -2.29. The van der Waals surface area contributed by atoms with Crippen LogP contribution in [0, 0.1) is 20.8 Å². The first kappa shape index (κ1) is 16.1. The summed E-state index contributed by atoms with van der Waals surface area (Å²) in [6.07, 6.45) is 0. The first-order chi connectivity index (χ1) is 10.1. The van der Waals surface area contributed by atoms with E-state index in [0.717, 1.165) is 5.75 Å². The van der Waals surface area contributed by atoms with Gasteiger partial charge in [0.25, 0.3) is 0 Å². The molecule has 0 amide bonds. The van der Waals surface area contributed by atoms with Crippen molar-refractivity contribution in [3.05, 3.63) is 64.2 Å². The van der Waals surface area contributed by atoms with E-state index >= 15 is 0 Å². The summed E-state index contributed by atoms with van der Waals surface area (Å²) >= 11 is 1.86. The SMILES string of the molecule is CCSc1ccc(C(NN)c2cc(C)c(C)cc2C)cc1. The van der Waals surface area contributed by atoms with Crippen LogP contribution >= 0.6 is 11.8 Å². The van der Waals surface area contributed by atoms with E-state index in [0.29, 0.717) is 0 Å². The average molecular weight is 300 g/mol. The van der Waals surface area contributed by atoms with Gasteiger partial charge < -0.3 is 0 Å². The zero-order chi connectivity index (χ0) is 15.4. The fraction of sp³-hybridized carbons (Fsp3) is 0.333. The van der Waals surface area contributed by atoms with Crippen LogP contribution in [0.15, 0.2) is 41.3 Å². The molecule has 2 rings (SSSR count). The summed E-state index contributed by atoms with van der Waals surface area (Å²) in [5.74, 6) is 6.93. The molecule has 21 heavy (non-hydrogen) atoms. The molecule has 3 N–H and O–H groups in total. The summed E-state index contributed by atoms with van der Waals surface area (Å²) in [5.41, 5.74) is 9.30. The first-order valence-corrected chi connectivity index (χ1v) is 8.32. The van der Waals surface area contributed by atoms with Gasteiger partial charge >= 0.3 is 0 Å². The summed E-state index contributed by atoms with van der Waals surface area (Å²) in [7, 11) is 0. The van der Waals surface area contributed by atoms with E-state index in [9.17, 15) is 0 Å². The third-order valence-electron chi connectivity index (χ3n) is 3.88. The molecule has 0 saturated heterocycles. The topological polar surface area (TPSA) is 38.0 Å². The summed E-state index contributed by atoms with van der Waals surface area (Å²) in [6, 6.07) is 13.2. The van der Waals surface area contributed by atoms with E-state index < -0.39 is 0 Å². The monoisotopic (exact) mass is 300 g/mol. The van der Waals surface area contributed by atoms with E-state index in [1.807, 2.05) is 11.8 Å². The molecule has 3 heteroatoms. The van der Waals surface area contributed by atoms with E-state index in [4.69, 9.17) is 5.84 Å². The Hall–Kier alpha value is -1.29. The number of hydrogen-bond acceptors (Lipinski definition) is 3. The van der Waals surface area contributed by atoms with Crippen molar-refractivity contribution in [2.75, 3.05) is 5.75 Å². The van der Waals surface area contributed by atoms with Crippen LogP contribution in [-0.2, 0) is 0 Å². The number of thioether (sulfide) groups is 1. The second-order valence-electron chi connectivity index (χ2n) is 5.39. The van der Waals surface area contributed by atoms with Crippen LogP contribution < -0.4 is 11.3 Å². The lowest BCUT2D eigenvalue weighted by molar-refractivity contribution is 0.632. The van der Waals surface area contributed by atoms with Crippen molar-refractivity contribution < 1.29 is 0 Å². The minimum Gasteiger partial charge on any atom is -0.271 e. The lowest BCUT2D eigenvalue weighted by atomic mass is 9.92. The Labute approximate surface area is 132 Å². The number of nitrogens with two attached hydrogens (primary N) is 1. The molecule has 0 aromatic heterocycles. The molecule has 2 aromatic rings. The van der Waals surface area contributed by atoms with Crippen molar-refractivity contribution in [1.29, 1.82) is 0 Å². The molecule has 0 radical (unpaired) electrons. The molecule has 1 unspecified atom stereocenters. The van der Waals surface area contributed by atoms with E-state index in [1.165, 1.54) is 32.7 Å². The van der Waals surface area contributed by atoms with Gasteiger partial charge in [0.2, 0.25) is 0 Å². The van der Waals surface area contributed by atoms with Crippen molar-refractivity contribution in [3.8, 4) is 0 Å². The molecule has 0 spiro atoms. The zero-order valence-corrected chi connectivity index (χ0v) is 14.1. The van der Waals surface area contributed by atoms with Crippen molar-refractivity contribution in [1.82, 2.24) is 5.43 Å². The Morgan fingerprint density at radius 3 is 2.19 bits per heavy atom. The van der Waals surface area contributed by atoms with Gasteiger partial charge in [0.15, 0.2) is 0 Å². The van der Waals surface area contributed by atoms with E-state index in [1.54, 1.807) is 0 Å². The lowest BCUT2D eigenvalue weighted by Gasteiger charge is -2.21. The van der Waals surface area contributed by atoms with Gasteiger partial charge in [-0.15, -0.1) is 11.8 Å². The maximum Gasteiger partial charge on any atom is 0.0712 e. The maximum absolute atomic E-state index is 5.84. The highest BCUT2D eigenvalue weighted by Gasteiger charge is 2.15. The Balaban J connectivity index is 2.37. The van der Waals surface area contributed by atoms with Crippen LogP contribution in [0.3, 0.4) is 0 Å². The largest absolute Gasteiger partial charge is 0.271 e. The fourth-order valence-corrected chi connectivity index (χ4v) is 3.24. The van der Waals surface area contributed by atoms with E-state index in [-0.39, 0.29) is 6.04 Å². The van der Waals surface area contributed by atoms with Gasteiger partial charge in [-0.2, -0.15) is 0 Å². The molecule has 0 aliphatic carbocycles. The molecule has 0 aliphatic rings. The summed E-state index contributed by atoms with van der Waals surface area (Å²) in [6.45, 7) is 8.61. The van der Waals surface area contributed by atoms with Crippen LogP contribution in [0.1, 0.15) is 40.8 Å². The van der Waals surface area contributed by atoms with Gasteiger partial charge in [-0.1, -0.05) is 31.2 Å². The molecule has 0 fully saturated rings. The molecular weight excluding hydrogens is 276 g/mol. The summed E-state index contributed by atoms with van der Waals surface area (Å²) < 4.78 is 0. The second kappa shape index (κ2) is 7.12. The Morgan fingerprint density at radius 2 is 1.62 bits per heavy atom. The van der Waals surface area contributed by atoms with Crippen LogP contribution in [0.5, 0.6) is 0 Å². The number of rotatable bonds is 5. The second-order valence-corrected chi connectivity index (χ2v) is 6.73. The third-order valence-corrected chi connectivity index (χ3v) is 4.78. The van der Waals surface area contributed by atoms with Crippen LogP contribution in [0.25, 0.3) is 0 Å². The Bertz CT molecular complexity index is 605. The Morgan fingerprint density at radius 1 is 1.00 bits per heavy atom. The highest BCUT2D eigenvalue weighted by Crippen LogP contribution is 2.28. The predicted molar refractivity (Wildman–Crippen MR) is 92.7 cm³/mol. The highest BCUT2D eigenvalue weighted by atomic mass is 32.2. The molecule has 2 aromatic carbocycles. The molecule has 2 nitrogen and oxygen atoms in total. The van der Waals surface area contributed by atoms with Crippen LogP contribution in [0.4, 0.5) is 0 Å². The number of nitrogens with one attached hydrogen (secondary N) is 1. The number of aryl methyl sites for hydroxylation is 3. The van der Waals surface area contributed by atoms with Crippen LogP contribution in [-0.4, -0.2) is 5.75 Å². The molecule has 0 heterocycles. The van der Waals surface area contributed by atoms with Crippen molar-refractivity contribution in [3.63, 3.8) is 0 Å². The molecule has 0 bridgehead atoms. The zero-order valence-electron chi connectivity index (χ0n) is 13.2. The quantitative estimate of drug-likeness (QED) is 0.492. The number of benzene rings is 2. The van der Waals surface area contributed by atoms with Crippen LogP contribution in [0.2, 0.25) is 0 Å². The minimum absolute atomic E-state index is 0.0324. The Kier molecular flexibility index (Phi) is 5.45. The smallest absolute Gasteiger partial charge is 0.0712 e. The van der Waals surface area contributed by atoms with Crippen molar-refractivity contribution in [2.24, 2.45) is 5.84 Å². The number of hydrogen-bond donors (Lipinski definition) is 2. The first-order valence-electron chi connectivity index (χ1n) is 7.33. The minimum atomic E-state index is 0.0324. The highest BCUT2D eigenvalue weighted by molar-refractivity contribution is 7.99. The standard InChI is InChI=1S/C18H24N2S/c1-5-21-16-8-6-15(7-9-16)18(20-19)17-11-13(3)12(2)10-14(17)4/h6-11,18,20H,5,19H2,1-4H3. The average Bonchev–Trinajstić information content (AvgIpc) is 2.47. The van der Waals surface area contributed by atoms with E-state index in [2.05, 4.69) is 69.5 Å². The summed E-state index contributed by atoms with van der Waals surface area (Å²) in [4.78, 5) is 1.30. The molecular formula is C18H24N2S. The van der Waals surface area contributed by atoms with Gasteiger partial charge in [0.05, 0.1) is 6.04 Å². The van der Waals surface area contributed by atoms with Gasteiger partial charge in [-0.05, 0) is 66.5 Å². The van der Waals surface area contributed by atoms with Gasteiger partial charge in [0, 0.05) is 4.90 Å². The molecule has 0 aliphatic heterocycles. The molecule has 0 saturated carbocycles. The van der Waals surface area contributed by atoms with Gasteiger partial charge in [0.1, 0.15) is 0 Å². The van der Waals surface area contributed by atoms with Crippen molar-refractivity contribution >= 4 is 11.8 Å². The predicted octanol–water partition coefficient (Wildman–Crippen LogP) is 4.28. The summed E-state index contributed by atoms with van der Waals surface area (Å²) in [5, 5.41) is 0. The normalized spacial score (nSPS) is 12.4. The molecule has 1 atom stereocenters. The van der Waals surface area contributed by atoms with Crippen molar-refractivity contribution in [2.45, 2.75) is 38.6 Å². The molecule has 112 valence electrons. The maximum atomic E-state index is 5.84.